The highest BCUT2D eigenvalue weighted by Gasteiger charge is 2.31. The first-order chi connectivity index (χ1) is 14.0. The number of hydrogen-bond donors (Lipinski definition) is 2. The Hall–Kier alpha value is -3.27. The summed E-state index contributed by atoms with van der Waals surface area (Å²) in [5, 5.41) is 9.62. The van der Waals surface area contributed by atoms with Gasteiger partial charge in [0.2, 0.25) is 0 Å². The number of phenolic OH excluding ortho intramolecular Hbond substituents is 1. The molecule has 1 aliphatic rings. The minimum Gasteiger partial charge on any atom is -0.506 e. The molecule has 3 aromatic carbocycles. The van der Waals surface area contributed by atoms with Crippen LogP contribution in [0.4, 0.5) is 5.69 Å². The lowest BCUT2D eigenvalue weighted by Gasteiger charge is -2.29. The fourth-order valence-corrected chi connectivity index (χ4v) is 4.05. The van der Waals surface area contributed by atoms with Crippen LogP contribution in [0, 0.1) is 12.8 Å². The van der Waals surface area contributed by atoms with E-state index >= 15 is 0 Å². The lowest BCUT2D eigenvalue weighted by atomic mass is 9.83. The molecular weight excluding hydrogens is 362 g/mol. The van der Waals surface area contributed by atoms with Crippen LogP contribution in [0.1, 0.15) is 29.0 Å². The van der Waals surface area contributed by atoms with E-state index in [0.717, 1.165) is 12.0 Å². The van der Waals surface area contributed by atoms with Gasteiger partial charge in [0.05, 0.1) is 18.2 Å². The number of hydrogen-bond acceptors (Lipinski definition) is 4. The van der Waals surface area contributed by atoms with Crippen molar-refractivity contribution in [2.45, 2.75) is 25.7 Å². The number of phenols is 1. The molecule has 148 valence electrons. The van der Waals surface area contributed by atoms with E-state index in [1.807, 2.05) is 24.3 Å². The number of nitrogens with two attached hydrogens (primary N) is 1. The maximum absolute atomic E-state index is 12.4. The molecule has 3 aromatic rings. The molecule has 4 nitrogen and oxygen atoms in total. The number of esters is 1. The number of aromatic hydroxyl groups is 1. The van der Waals surface area contributed by atoms with Crippen LogP contribution in [-0.4, -0.2) is 17.7 Å². The number of carbonyl (C=O) groups excluding carboxylic acids is 1. The Kier molecular flexibility index (Phi) is 5.26. The Morgan fingerprint density at radius 1 is 1.07 bits per heavy atom. The quantitative estimate of drug-likeness (QED) is 0.382. The number of nitrogen functional groups attached to an aromatic ring is 1. The fraction of sp³-hybridized carbons (Fsp3) is 0.240. The van der Waals surface area contributed by atoms with Crippen molar-refractivity contribution in [3.63, 3.8) is 0 Å². The first-order valence-electron chi connectivity index (χ1n) is 9.91. The van der Waals surface area contributed by atoms with Crippen molar-refractivity contribution in [2.24, 2.45) is 5.92 Å². The molecule has 0 amide bonds. The van der Waals surface area contributed by atoms with E-state index in [9.17, 15) is 9.90 Å². The lowest BCUT2D eigenvalue weighted by molar-refractivity contribution is -0.154. The minimum absolute atomic E-state index is 0.0611. The molecule has 4 heteroatoms. The zero-order valence-corrected chi connectivity index (χ0v) is 16.5. The van der Waals surface area contributed by atoms with Crippen molar-refractivity contribution in [3.8, 4) is 16.9 Å². The molecule has 3 N–H and O–H groups in total. The van der Waals surface area contributed by atoms with Gasteiger partial charge >= 0.3 is 5.97 Å². The molecule has 2 atom stereocenters. The summed E-state index contributed by atoms with van der Waals surface area (Å²) >= 11 is 0. The van der Waals surface area contributed by atoms with Gasteiger partial charge in [-0.3, -0.25) is 4.79 Å². The van der Waals surface area contributed by atoms with E-state index in [-0.39, 0.29) is 23.6 Å². The van der Waals surface area contributed by atoms with Gasteiger partial charge in [0.1, 0.15) is 5.75 Å². The van der Waals surface area contributed by atoms with E-state index in [4.69, 9.17) is 10.5 Å². The molecular formula is C25H25NO3. The zero-order valence-electron chi connectivity index (χ0n) is 16.5. The normalized spacial score (nSPS) is 19.0. The summed E-state index contributed by atoms with van der Waals surface area (Å²) in [5.74, 6) is -0.163. The summed E-state index contributed by atoms with van der Waals surface area (Å²) in [5.41, 5.74) is 11.9. The fourth-order valence-electron chi connectivity index (χ4n) is 4.05. The summed E-state index contributed by atoms with van der Waals surface area (Å²) in [6.07, 6.45) is 1.29. The molecule has 29 heavy (non-hydrogen) atoms. The van der Waals surface area contributed by atoms with Crippen LogP contribution in [0.3, 0.4) is 0 Å². The number of carbonyl (C=O) groups is 1. The number of cyclic esters (lactones) is 1. The SMILES string of the molecule is Cc1ccc([C@H]2COC(=O)C(Cc3ccc(O)c(N)c3)C2)cc1-c1ccccc1. The minimum atomic E-state index is -0.223. The van der Waals surface area contributed by atoms with Crippen molar-refractivity contribution in [1.29, 1.82) is 0 Å². The molecule has 0 bridgehead atoms. The highest BCUT2D eigenvalue weighted by molar-refractivity contribution is 5.74. The van der Waals surface area contributed by atoms with Gasteiger partial charge < -0.3 is 15.6 Å². The number of benzene rings is 3. The smallest absolute Gasteiger partial charge is 0.309 e. The molecule has 0 spiro atoms. The van der Waals surface area contributed by atoms with Crippen LogP contribution in [0.15, 0.2) is 66.7 Å². The highest BCUT2D eigenvalue weighted by atomic mass is 16.5. The number of anilines is 1. The van der Waals surface area contributed by atoms with E-state index in [1.165, 1.54) is 22.3 Å². The Morgan fingerprint density at radius 2 is 1.86 bits per heavy atom. The van der Waals surface area contributed by atoms with Crippen LogP contribution >= 0.6 is 0 Å². The summed E-state index contributed by atoms with van der Waals surface area (Å²) in [7, 11) is 0. The van der Waals surface area contributed by atoms with Crippen molar-refractivity contribution in [1.82, 2.24) is 0 Å². The van der Waals surface area contributed by atoms with E-state index in [2.05, 4.69) is 37.3 Å². The second kappa shape index (κ2) is 8.00. The average Bonchev–Trinajstić information content (AvgIpc) is 2.73. The van der Waals surface area contributed by atoms with Crippen molar-refractivity contribution < 1.29 is 14.6 Å². The van der Waals surface area contributed by atoms with Gasteiger partial charge in [-0.25, -0.2) is 0 Å². The molecule has 1 fully saturated rings. The van der Waals surface area contributed by atoms with E-state index < -0.39 is 0 Å². The first-order valence-corrected chi connectivity index (χ1v) is 9.91. The van der Waals surface area contributed by atoms with Crippen LogP contribution in [0.25, 0.3) is 11.1 Å². The third-order valence-corrected chi connectivity index (χ3v) is 5.72. The largest absolute Gasteiger partial charge is 0.506 e. The van der Waals surface area contributed by atoms with E-state index in [0.29, 0.717) is 18.7 Å². The van der Waals surface area contributed by atoms with Gasteiger partial charge in [0.25, 0.3) is 0 Å². The topological polar surface area (TPSA) is 72.5 Å². The Labute approximate surface area is 171 Å². The Balaban J connectivity index is 1.56. The van der Waals surface area contributed by atoms with Crippen LogP contribution in [0.5, 0.6) is 5.75 Å². The molecule has 0 radical (unpaired) electrons. The van der Waals surface area contributed by atoms with Gasteiger partial charge in [0, 0.05) is 5.92 Å². The van der Waals surface area contributed by atoms with Gasteiger partial charge in [-0.1, -0.05) is 54.6 Å². The number of aryl methyl sites for hydroxylation is 1. The second-order valence-electron chi connectivity index (χ2n) is 7.80. The predicted octanol–water partition coefficient (Wildman–Crippen LogP) is 4.84. The van der Waals surface area contributed by atoms with Crippen LogP contribution < -0.4 is 5.73 Å². The molecule has 1 aliphatic heterocycles. The molecule has 1 heterocycles. The highest BCUT2D eigenvalue weighted by Crippen LogP contribution is 2.35. The molecule has 0 saturated carbocycles. The molecule has 1 unspecified atom stereocenters. The van der Waals surface area contributed by atoms with Crippen LogP contribution in [-0.2, 0) is 16.0 Å². The summed E-state index contributed by atoms with van der Waals surface area (Å²) in [6.45, 7) is 2.52. The monoisotopic (exact) mass is 387 g/mol. The average molecular weight is 387 g/mol. The summed E-state index contributed by atoms with van der Waals surface area (Å²) in [4.78, 5) is 12.4. The van der Waals surface area contributed by atoms with Crippen LogP contribution in [0.2, 0.25) is 0 Å². The van der Waals surface area contributed by atoms with Crippen molar-refractivity contribution in [3.05, 3.63) is 83.4 Å². The van der Waals surface area contributed by atoms with Crippen molar-refractivity contribution >= 4 is 11.7 Å². The Morgan fingerprint density at radius 3 is 2.62 bits per heavy atom. The van der Waals surface area contributed by atoms with E-state index in [1.54, 1.807) is 12.1 Å². The molecule has 0 aliphatic carbocycles. The van der Waals surface area contributed by atoms with Gasteiger partial charge in [-0.15, -0.1) is 0 Å². The van der Waals surface area contributed by atoms with Gasteiger partial charge in [-0.2, -0.15) is 0 Å². The van der Waals surface area contributed by atoms with Crippen molar-refractivity contribution in [2.75, 3.05) is 12.3 Å². The second-order valence-corrected chi connectivity index (χ2v) is 7.80. The molecule has 1 saturated heterocycles. The zero-order chi connectivity index (χ0) is 20.4. The van der Waals surface area contributed by atoms with Gasteiger partial charge in [-0.05, 0) is 59.7 Å². The standard InChI is InChI=1S/C25H25NO3/c1-16-7-9-19(14-22(16)18-5-3-2-4-6-18)21-13-20(25(28)29-15-21)11-17-8-10-24(27)23(26)12-17/h2-10,12,14,20-21,27H,11,13,15,26H2,1H3/t20?,21-/m1/s1. The summed E-state index contributed by atoms with van der Waals surface area (Å²) in [6, 6.07) is 22.0. The number of rotatable bonds is 4. The Bertz CT molecular complexity index is 1030. The number of ether oxygens (including phenoxy) is 1. The summed E-state index contributed by atoms with van der Waals surface area (Å²) < 4.78 is 5.54. The molecule has 4 rings (SSSR count). The van der Waals surface area contributed by atoms with Gasteiger partial charge in [0.15, 0.2) is 0 Å². The third-order valence-electron chi connectivity index (χ3n) is 5.72. The third kappa shape index (κ3) is 4.11. The maximum atomic E-state index is 12.4. The predicted molar refractivity (Wildman–Crippen MR) is 115 cm³/mol. The maximum Gasteiger partial charge on any atom is 0.309 e. The first kappa shape index (κ1) is 19.1. The lowest BCUT2D eigenvalue weighted by Crippen LogP contribution is -2.31. The molecule has 0 aromatic heterocycles.